The van der Waals surface area contributed by atoms with Gasteiger partial charge >= 0.3 is 0 Å². The van der Waals surface area contributed by atoms with Crippen molar-refractivity contribution in [1.29, 1.82) is 0 Å². The van der Waals surface area contributed by atoms with Gasteiger partial charge in [0, 0.05) is 22.8 Å². The second-order valence-electron chi connectivity index (χ2n) is 6.70. The number of sulfonamides is 1. The third-order valence-corrected chi connectivity index (χ3v) is 7.06. The van der Waals surface area contributed by atoms with Crippen molar-refractivity contribution in [3.63, 3.8) is 0 Å². The van der Waals surface area contributed by atoms with Gasteiger partial charge in [-0.1, -0.05) is 40.2 Å². The molecule has 0 heterocycles. The summed E-state index contributed by atoms with van der Waals surface area (Å²) >= 11 is 8.57. The number of nitrogens with zero attached hydrogens (tertiary/aromatic N) is 1. The fourth-order valence-electron chi connectivity index (χ4n) is 2.82. The van der Waals surface area contributed by atoms with Gasteiger partial charge in [-0.05, 0) is 73.2 Å². The highest BCUT2D eigenvalue weighted by Gasteiger charge is 2.21. The molecule has 0 fully saturated rings. The normalized spacial score (nSPS) is 10.9. The smallest absolute Gasteiger partial charge is 0.264 e. The van der Waals surface area contributed by atoms with Gasteiger partial charge in [0.25, 0.3) is 15.9 Å². The maximum absolute atomic E-state index is 12.8. The molecule has 0 aromatic heterocycles. The molecule has 0 atom stereocenters. The quantitative estimate of drug-likeness (QED) is 0.479. The van der Waals surface area contributed by atoms with Gasteiger partial charge in [-0.25, -0.2) is 8.42 Å². The molecular weight excluding hydrogens is 498 g/mol. The molecule has 0 saturated carbocycles. The van der Waals surface area contributed by atoms with E-state index in [0.29, 0.717) is 16.9 Å². The minimum Gasteiger partial charge on any atom is -0.332 e. The first kappa shape index (κ1) is 22.9. The molecule has 6 nitrogen and oxygen atoms in total. The molecule has 0 unspecified atom stereocenters. The number of para-hydroxylation sites is 1. The molecule has 0 aliphatic rings. The summed E-state index contributed by atoms with van der Waals surface area (Å²) < 4.78 is 27.7. The fraction of sp³-hybridized carbons (Fsp3) is 0.0909. The first-order valence-electron chi connectivity index (χ1n) is 9.21. The van der Waals surface area contributed by atoms with E-state index >= 15 is 0 Å². The van der Waals surface area contributed by atoms with E-state index in [1.54, 1.807) is 42.5 Å². The van der Waals surface area contributed by atoms with E-state index in [-0.39, 0.29) is 15.9 Å². The van der Waals surface area contributed by atoms with Crippen molar-refractivity contribution in [2.45, 2.75) is 11.8 Å². The van der Waals surface area contributed by atoms with Gasteiger partial charge in [-0.3, -0.25) is 14.4 Å². The van der Waals surface area contributed by atoms with Crippen molar-refractivity contribution in [3.05, 3.63) is 88.4 Å². The van der Waals surface area contributed by atoms with Crippen molar-refractivity contribution in [2.24, 2.45) is 0 Å². The van der Waals surface area contributed by atoms with Crippen molar-refractivity contribution >= 4 is 60.6 Å². The average Bonchev–Trinajstić information content (AvgIpc) is 2.75. The zero-order valence-corrected chi connectivity index (χ0v) is 20.0. The van der Waals surface area contributed by atoms with Crippen LogP contribution in [-0.2, 0) is 10.0 Å². The van der Waals surface area contributed by atoms with E-state index in [2.05, 4.69) is 26.6 Å². The number of thiocarbonyl (C=S) groups is 1. The van der Waals surface area contributed by atoms with Gasteiger partial charge in [-0.15, -0.1) is 0 Å². The van der Waals surface area contributed by atoms with Gasteiger partial charge in [-0.2, -0.15) is 0 Å². The van der Waals surface area contributed by atoms with Gasteiger partial charge in [0.1, 0.15) is 0 Å². The molecule has 0 bridgehead atoms. The van der Waals surface area contributed by atoms with Crippen LogP contribution in [0.15, 0.2) is 82.2 Å². The molecule has 0 radical (unpaired) electrons. The highest BCUT2D eigenvalue weighted by molar-refractivity contribution is 9.10. The Morgan fingerprint density at radius 3 is 2.29 bits per heavy atom. The Hall–Kier alpha value is -2.75. The summed E-state index contributed by atoms with van der Waals surface area (Å²) in [4.78, 5) is 12.6. The number of hydrogen-bond donors (Lipinski definition) is 2. The van der Waals surface area contributed by atoms with Crippen molar-refractivity contribution < 1.29 is 13.2 Å². The number of carbonyl (C=O) groups excluding carboxylic acids is 1. The number of hydrogen-bond acceptors (Lipinski definition) is 4. The summed E-state index contributed by atoms with van der Waals surface area (Å²) in [6, 6.07) is 20.4. The van der Waals surface area contributed by atoms with Crippen molar-refractivity contribution in [2.75, 3.05) is 16.7 Å². The third-order valence-electron chi connectivity index (χ3n) is 4.56. The Balaban J connectivity index is 1.68. The average molecular weight is 518 g/mol. The predicted molar refractivity (Wildman–Crippen MR) is 131 cm³/mol. The van der Waals surface area contributed by atoms with Crippen molar-refractivity contribution in [3.8, 4) is 0 Å². The number of rotatable bonds is 5. The van der Waals surface area contributed by atoms with Crippen LogP contribution in [0.1, 0.15) is 15.9 Å². The summed E-state index contributed by atoms with van der Waals surface area (Å²) in [5, 5.41) is 5.64. The predicted octanol–water partition coefficient (Wildman–Crippen LogP) is 4.71. The summed E-state index contributed by atoms with van der Waals surface area (Å²) in [5.41, 5.74) is 2.44. The number of benzene rings is 3. The number of halogens is 1. The summed E-state index contributed by atoms with van der Waals surface area (Å²) in [7, 11) is -2.20. The molecule has 3 aromatic rings. The van der Waals surface area contributed by atoms with Crippen LogP contribution in [0.3, 0.4) is 0 Å². The minimum atomic E-state index is -3.70. The summed E-state index contributed by atoms with van der Waals surface area (Å²) in [5.74, 6) is -0.333. The third kappa shape index (κ3) is 5.49. The lowest BCUT2D eigenvalue weighted by Gasteiger charge is -2.19. The minimum absolute atomic E-state index is 0.112. The van der Waals surface area contributed by atoms with E-state index < -0.39 is 10.0 Å². The summed E-state index contributed by atoms with van der Waals surface area (Å²) in [6.07, 6.45) is 0. The van der Waals surface area contributed by atoms with E-state index in [0.717, 1.165) is 10.0 Å². The Morgan fingerprint density at radius 2 is 1.65 bits per heavy atom. The van der Waals surface area contributed by atoms with E-state index in [1.165, 1.54) is 23.5 Å². The lowest BCUT2D eigenvalue weighted by atomic mass is 10.1. The molecule has 3 rings (SSSR count). The second kappa shape index (κ2) is 9.59. The van der Waals surface area contributed by atoms with Crippen LogP contribution >= 0.6 is 28.1 Å². The molecule has 31 heavy (non-hydrogen) atoms. The summed E-state index contributed by atoms with van der Waals surface area (Å²) in [6.45, 7) is 1.84. The number of nitrogens with one attached hydrogen (secondary N) is 2. The first-order chi connectivity index (χ1) is 14.7. The SMILES string of the molecule is Cc1ccc(Br)cc1C(=O)NC(=S)Nc1ccc(S(=O)(=O)N(C)c2ccccc2)cc1. The number of aryl methyl sites for hydroxylation is 1. The van der Waals surface area contributed by atoms with E-state index in [4.69, 9.17) is 12.2 Å². The van der Waals surface area contributed by atoms with Crippen LogP contribution in [0.4, 0.5) is 11.4 Å². The highest BCUT2D eigenvalue weighted by Crippen LogP contribution is 2.23. The van der Waals surface area contributed by atoms with Gasteiger partial charge < -0.3 is 5.32 Å². The number of amides is 1. The topological polar surface area (TPSA) is 78.5 Å². The Labute approximate surface area is 195 Å². The second-order valence-corrected chi connectivity index (χ2v) is 9.99. The largest absolute Gasteiger partial charge is 0.332 e. The standard InChI is InChI=1S/C22H20BrN3O3S2/c1-15-8-9-16(23)14-20(15)21(27)25-22(30)24-17-10-12-19(13-11-17)31(28,29)26(2)18-6-4-3-5-7-18/h3-14H,1-2H3,(H2,24,25,27,30). The van der Waals surface area contributed by atoms with Crippen molar-refractivity contribution in [1.82, 2.24) is 5.32 Å². The Kier molecular flexibility index (Phi) is 7.09. The molecule has 3 aromatic carbocycles. The lowest BCUT2D eigenvalue weighted by molar-refractivity contribution is 0.0977. The van der Waals surface area contributed by atoms with Crippen LogP contribution in [0.25, 0.3) is 0 Å². The van der Waals surface area contributed by atoms with Gasteiger partial charge in [0.15, 0.2) is 5.11 Å². The van der Waals surface area contributed by atoms with Gasteiger partial charge in [0.05, 0.1) is 10.6 Å². The molecule has 2 N–H and O–H groups in total. The molecule has 0 aliphatic heterocycles. The molecule has 1 amide bonds. The molecule has 0 spiro atoms. The molecule has 0 saturated heterocycles. The van der Waals surface area contributed by atoms with Crippen LogP contribution in [0, 0.1) is 6.92 Å². The Morgan fingerprint density at radius 1 is 1.00 bits per heavy atom. The monoisotopic (exact) mass is 517 g/mol. The highest BCUT2D eigenvalue weighted by atomic mass is 79.9. The van der Waals surface area contributed by atoms with Gasteiger partial charge in [0.2, 0.25) is 0 Å². The molecule has 9 heteroatoms. The first-order valence-corrected chi connectivity index (χ1v) is 11.8. The molecule has 160 valence electrons. The van der Waals surface area contributed by atoms with Crippen LogP contribution in [0.2, 0.25) is 0 Å². The Bertz CT molecular complexity index is 1210. The van der Waals surface area contributed by atoms with E-state index in [1.807, 2.05) is 25.1 Å². The van der Waals surface area contributed by atoms with Crippen LogP contribution < -0.4 is 14.9 Å². The molecule has 0 aliphatic carbocycles. The number of anilines is 2. The maximum Gasteiger partial charge on any atom is 0.264 e. The fourth-order valence-corrected chi connectivity index (χ4v) is 4.58. The maximum atomic E-state index is 12.8. The zero-order chi connectivity index (χ0) is 22.6. The molecular formula is C22H20BrN3O3S2. The van der Waals surface area contributed by atoms with Crippen LogP contribution in [0.5, 0.6) is 0 Å². The number of carbonyl (C=O) groups is 1. The van der Waals surface area contributed by atoms with Crippen LogP contribution in [-0.4, -0.2) is 26.5 Å². The van der Waals surface area contributed by atoms with E-state index in [9.17, 15) is 13.2 Å². The zero-order valence-electron chi connectivity index (χ0n) is 16.8. The lowest BCUT2D eigenvalue weighted by Crippen LogP contribution is -2.34.